The van der Waals surface area contributed by atoms with E-state index in [2.05, 4.69) is 10.2 Å². The minimum atomic E-state index is -0.356. The van der Waals surface area contributed by atoms with Crippen LogP contribution in [0, 0.1) is 5.92 Å². The first kappa shape index (κ1) is 17.6. The number of para-hydroxylation sites is 2. The standard InChI is InChI=1S/C20H23N3O4/c24-19-12-15(13-23(19)14-16-4-3-9-27-16)20(25)21-17-5-1-2-6-18(17)22-7-10-26-11-8-22/h1-6,9,15H,7-8,10-14H2,(H,21,25). The Kier molecular flexibility index (Phi) is 5.11. The van der Waals surface area contributed by atoms with Crippen molar-refractivity contribution in [2.24, 2.45) is 5.92 Å². The van der Waals surface area contributed by atoms with Crippen molar-refractivity contribution in [1.82, 2.24) is 4.90 Å². The molecule has 1 N–H and O–H groups in total. The molecule has 1 atom stereocenters. The lowest BCUT2D eigenvalue weighted by Gasteiger charge is -2.30. The number of anilines is 2. The number of morpholine rings is 1. The molecule has 2 aliphatic heterocycles. The quantitative estimate of drug-likeness (QED) is 0.874. The highest BCUT2D eigenvalue weighted by molar-refractivity contribution is 5.99. The maximum absolute atomic E-state index is 12.8. The van der Waals surface area contributed by atoms with Gasteiger partial charge in [-0.1, -0.05) is 12.1 Å². The Hall–Kier alpha value is -2.80. The summed E-state index contributed by atoms with van der Waals surface area (Å²) in [6.07, 6.45) is 1.81. The number of nitrogens with zero attached hydrogens (tertiary/aromatic N) is 2. The van der Waals surface area contributed by atoms with E-state index in [-0.39, 0.29) is 24.2 Å². The number of amides is 2. The Balaban J connectivity index is 1.41. The van der Waals surface area contributed by atoms with Crippen LogP contribution in [0.2, 0.25) is 0 Å². The number of furan rings is 1. The zero-order chi connectivity index (χ0) is 18.6. The molecule has 4 rings (SSSR count). The number of hydrogen-bond acceptors (Lipinski definition) is 5. The minimum Gasteiger partial charge on any atom is -0.467 e. The van der Waals surface area contributed by atoms with Crippen LogP contribution in [0.25, 0.3) is 0 Å². The highest BCUT2D eigenvalue weighted by atomic mass is 16.5. The lowest BCUT2D eigenvalue weighted by molar-refractivity contribution is -0.128. The second-order valence-electron chi connectivity index (χ2n) is 6.86. The predicted molar refractivity (Wildman–Crippen MR) is 100 cm³/mol. The number of likely N-dealkylation sites (tertiary alicyclic amines) is 1. The van der Waals surface area contributed by atoms with Crippen LogP contribution in [0.1, 0.15) is 12.2 Å². The molecule has 2 saturated heterocycles. The molecule has 27 heavy (non-hydrogen) atoms. The van der Waals surface area contributed by atoms with Crippen molar-refractivity contribution < 1.29 is 18.7 Å². The molecule has 7 heteroatoms. The summed E-state index contributed by atoms with van der Waals surface area (Å²) in [6, 6.07) is 11.4. The van der Waals surface area contributed by atoms with E-state index in [4.69, 9.17) is 9.15 Å². The first-order chi connectivity index (χ1) is 13.2. The van der Waals surface area contributed by atoms with Gasteiger partial charge in [0.2, 0.25) is 11.8 Å². The number of rotatable bonds is 5. The minimum absolute atomic E-state index is 0.0204. The number of ether oxygens (including phenoxy) is 1. The van der Waals surface area contributed by atoms with Gasteiger partial charge in [0.1, 0.15) is 5.76 Å². The zero-order valence-electron chi connectivity index (χ0n) is 15.1. The Morgan fingerprint density at radius 3 is 2.74 bits per heavy atom. The molecule has 0 bridgehead atoms. The number of nitrogens with one attached hydrogen (secondary N) is 1. The average molecular weight is 369 g/mol. The summed E-state index contributed by atoms with van der Waals surface area (Å²) in [4.78, 5) is 28.9. The molecule has 142 valence electrons. The average Bonchev–Trinajstić information content (AvgIpc) is 3.33. The van der Waals surface area contributed by atoms with E-state index in [1.807, 2.05) is 30.3 Å². The van der Waals surface area contributed by atoms with Gasteiger partial charge in [0, 0.05) is 26.1 Å². The van der Waals surface area contributed by atoms with Gasteiger partial charge in [-0.2, -0.15) is 0 Å². The number of benzene rings is 1. The third-order valence-corrected chi connectivity index (χ3v) is 5.03. The highest BCUT2D eigenvalue weighted by Gasteiger charge is 2.35. The second-order valence-corrected chi connectivity index (χ2v) is 6.86. The van der Waals surface area contributed by atoms with Crippen LogP contribution in [-0.2, 0) is 20.9 Å². The molecule has 0 aliphatic carbocycles. The summed E-state index contributed by atoms with van der Waals surface area (Å²) >= 11 is 0. The number of hydrogen-bond donors (Lipinski definition) is 1. The van der Waals surface area contributed by atoms with Gasteiger partial charge < -0.3 is 24.3 Å². The summed E-state index contributed by atoms with van der Waals surface area (Å²) in [5.41, 5.74) is 1.77. The Labute approximate surface area is 157 Å². The van der Waals surface area contributed by atoms with Gasteiger partial charge in [-0.3, -0.25) is 9.59 Å². The Morgan fingerprint density at radius 2 is 1.96 bits per heavy atom. The summed E-state index contributed by atoms with van der Waals surface area (Å²) in [5, 5.41) is 3.03. The third kappa shape index (κ3) is 3.98. The third-order valence-electron chi connectivity index (χ3n) is 5.03. The fourth-order valence-electron chi connectivity index (χ4n) is 3.59. The van der Waals surface area contributed by atoms with Crippen molar-refractivity contribution in [3.63, 3.8) is 0 Å². The lowest BCUT2D eigenvalue weighted by atomic mass is 10.1. The van der Waals surface area contributed by atoms with Crippen LogP contribution in [0.3, 0.4) is 0 Å². The summed E-state index contributed by atoms with van der Waals surface area (Å²) < 4.78 is 10.7. The molecule has 3 heterocycles. The molecule has 7 nitrogen and oxygen atoms in total. The van der Waals surface area contributed by atoms with Crippen LogP contribution in [0.4, 0.5) is 11.4 Å². The molecule has 0 spiro atoms. The molecule has 2 aromatic rings. The summed E-state index contributed by atoms with van der Waals surface area (Å²) in [7, 11) is 0. The van der Waals surface area contributed by atoms with E-state index < -0.39 is 0 Å². The maximum atomic E-state index is 12.8. The molecule has 2 aliphatic rings. The number of carbonyl (C=O) groups excluding carboxylic acids is 2. The first-order valence-electron chi connectivity index (χ1n) is 9.23. The molecule has 2 fully saturated rings. The normalized spacial score (nSPS) is 20.1. The van der Waals surface area contributed by atoms with Gasteiger partial charge in [0.15, 0.2) is 0 Å². The predicted octanol–water partition coefficient (Wildman–Crippen LogP) is 2.10. The fourth-order valence-corrected chi connectivity index (χ4v) is 3.59. The Bertz CT molecular complexity index is 799. The molecule has 0 saturated carbocycles. The van der Waals surface area contributed by atoms with Gasteiger partial charge in [-0.15, -0.1) is 0 Å². The maximum Gasteiger partial charge on any atom is 0.229 e. The second kappa shape index (κ2) is 7.84. The van der Waals surface area contributed by atoms with E-state index in [1.54, 1.807) is 17.2 Å². The van der Waals surface area contributed by atoms with Gasteiger partial charge in [-0.05, 0) is 24.3 Å². The van der Waals surface area contributed by atoms with E-state index in [9.17, 15) is 9.59 Å². The SMILES string of the molecule is O=C(Nc1ccccc1N1CCOCC1)C1CC(=O)N(Cc2ccco2)C1. The molecule has 1 aromatic heterocycles. The van der Waals surface area contributed by atoms with Crippen molar-refractivity contribution >= 4 is 23.2 Å². The van der Waals surface area contributed by atoms with Crippen molar-refractivity contribution in [3.8, 4) is 0 Å². The van der Waals surface area contributed by atoms with Gasteiger partial charge in [0.25, 0.3) is 0 Å². The summed E-state index contributed by atoms with van der Waals surface area (Å²) in [5.74, 6) is 0.228. The van der Waals surface area contributed by atoms with E-state index in [1.165, 1.54) is 0 Å². The molecule has 1 aromatic carbocycles. The Morgan fingerprint density at radius 1 is 1.15 bits per heavy atom. The molecule has 0 radical (unpaired) electrons. The van der Waals surface area contributed by atoms with Crippen LogP contribution in [0.5, 0.6) is 0 Å². The molecule has 2 amide bonds. The first-order valence-corrected chi connectivity index (χ1v) is 9.23. The van der Waals surface area contributed by atoms with Crippen LogP contribution in [0.15, 0.2) is 47.1 Å². The lowest BCUT2D eigenvalue weighted by Crippen LogP contribution is -2.37. The van der Waals surface area contributed by atoms with Gasteiger partial charge in [-0.25, -0.2) is 0 Å². The fraction of sp³-hybridized carbons (Fsp3) is 0.400. The monoisotopic (exact) mass is 369 g/mol. The van der Waals surface area contributed by atoms with Crippen molar-refractivity contribution in [2.45, 2.75) is 13.0 Å². The molecule has 1 unspecified atom stereocenters. The van der Waals surface area contributed by atoms with Crippen molar-refractivity contribution in [1.29, 1.82) is 0 Å². The largest absolute Gasteiger partial charge is 0.467 e. The van der Waals surface area contributed by atoms with E-state index in [0.29, 0.717) is 26.3 Å². The van der Waals surface area contributed by atoms with Crippen LogP contribution >= 0.6 is 0 Å². The van der Waals surface area contributed by atoms with Crippen LogP contribution in [-0.4, -0.2) is 49.6 Å². The van der Waals surface area contributed by atoms with E-state index in [0.717, 1.165) is 30.2 Å². The number of carbonyl (C=O) groups is 2. The van der Waals surface area contributed by atoms with Crippen LogP contribution < -0.4 is 10.2 Å². The topological polar surface area (TPSA) is 75.0 Å². The highest BCUT2D eigenvalue weighted by Crippen LogP contribution is 2.28. The van der Waals surface area contributed by atoms with Crippen molar-refractivity contribution in [2.75, 3.05) is 43.1 Å². The van der Waals surface area contributed by atoms with Gasteiger partial charge >= 0.3 is 0 Å². The molecular weight excluding hydrogens is 346 g/mol. The van der Waals surface area contributed by atoms with Gasteiger partial charge in [0.05, 0.1) is 43.3 Å². The van der Waals surface area contributed by atoms with E-state index >= 15 is 0 Å². The smallest absolute Gasteiger partial charge is 0.229 e. The van der Waals surface area contributed by atoms with Crippen molar-refractivity contribution in [3.05, 3.63) is 48.4 Å². The zero-order valence-corrected chi connectivity index (χ0v) is 15.1. The summed E-state index contributed by atoms with van der Waals surface area (Å²) in [6.45, 7) is 3.77. The molecular formula is C20H23N3O4.